The van der Waals surface area contributed by atoms with E-state index in [1.165, 1.54) is 0 Å². The number of morpholine rings is 1. The Morgan fingerprint density at radius 1 is 1.71 bits per heavy atom. The molecule has 0 aromatic heterocycles. The van der Waals surface area contributed by atoms with Crippen LogP contribution in [0.3, 0.4) is 0 Å². The van der Waals surface area contributed by atoms with Crippen molar-refractivity contribution in [3.05, 3.63) is 0 Å². The fourth-order valence-electron chi connectivity index (χ4n) is 1.51. The molecule has 1 N–H and O–H groups in total. The molecule has 2 atom stereocenters. The van der Waals surface area contributed by atoms with E-state index < -0.39 is 0 Å². The monoisotopic (exact) mass is 219 g/mol. The van der Waals surface area contributed by atoms with Crippen LogP contribution in [-0.4, -0.2) is 53.6 Å². The first kappa shape index (κ1) is 11.8. The minimum Gasteiger partial charge on any atom is -0.394 e. The normalized spacial score (nSPS) is 27.8. The molecule has 0 aromatic carbocycles. The highest BCUT2D eigenvalue weighted by Gasteiger charge is 2.28. The summed E-state index contributed by atoms with van der Waals surface area (Å²) in [5.41, 5.74) is 0. The van der Waals surface area contributed by atoms with Gasteiger partial charge in [0.15, 0.2) is 0 Å². The highest BCUT2D eigenvalue weighted by atomic mass is 32.1. The first-order valence-electron chi connectivity index (χ1n) is 4.81. The molecule has 0 spiro atoms. The number of amides is 1. The molecule has 2 unspecified atom stereocenters. The molecule has 0 radical (unpaired) electrons. The summed E-state index contributed by atoms with van der Waals surface area (Å²) in [6.45, 7) is 2.91. The van der Waals surface area contributed by atoms with Gasteiger partial charge in [0, 0.05) is 13.0 Å². The molecule has 1 rings (SSSR count). The second kappa shape index (κ2) is 5.58. The van der Waals surface area contributed by atoms with E-state index in [4.69, 9.17) is 9.84 Å². The van der Waals surface area contributed by atoms with Crippen molar-refractivity contribution in [1.29, 1.82) is 0 Å². The maximum Gasteiger partial charge on any atom is 0.223 e. The van der Waals surface area contributed by atoms with Gasteiger partial charge in [0.2, 0.25) is 5.91 Å². The van der Waals surface area contributed by atoms with Gasteiger partial charge in [-0.3, -0.25) is 4.79 Å². The lowest BCUT2D eigenvalue weighted by Crippen LogP contribution is -2.52. The zero-order valence-electron chi connectivity index (χ0n) is 8.35. The number of ether oxygens (including phenoxy) is 1. The van der Waals surface area contributed by atoms with Gasteiger partial charge in [-0.15, -0.1) is 0 Å². The van der Waals surface area contributed by atoms with Gasteiger partial charge in [-0.25, -0.2) is 0 Å². The Morgan fingerprint density at radius 3 is 3.00 bits per heavy atom. The van der Waals surface area contributed by atoms with E-state index in [0.717, 1.165) is 0 Å². The zero-order chi connectivity index (χ0) is 10.6. The van der Waals surface area contributed by atoms with Gasteiger partial charge >= 0.3 is 0 Å². The van der Waals surface area contributed by atoms with E-state index in [1.54, 1.807) is 4.90 Å². The molecule has 0 bridgehead atoms. The Bertz CT molecular complexity index is 200. The SMILES string of the molecule is CC1COC(CO)CN1C(=O)CCS. The van der Waals surface area contributed by atoms with Crippen LogP contribution in [0.5, 0.6) is 0 Å². The number of hydrogen-bond donors (Lipinski definition) is 2. The van der Waals surface area contributed by atoms with Crippen molar-refractivity contribution in [3.63, 3.8) is 0 Å². The molecular formula is C9H17NO3S. The fourth-order valence-corrected chi connectivity index (χ4v) is 1.71. The van der Waals surface area contributed by atoms with Crippen LogP contribution >= 0.6 is 12.6 Å². The van der Waals surface area contributed by atoms with Crippen molar-refractivity contribution in [1.82, 2.24) is 4.90 Å². The van der Waals surface area contributed by atoms with E-state index in [2.05, 4.69) is 12.6 Å². The maximum atomic E-state index is 11.6. The lowest BCUT2D eigenvalue weighted by atomic mass is 10.2. The number of thiol groups is 1. The van der Waals surface area contributed by atoms with Gasteiger partial charge in [0.25, 0.3) is 0 Å². The Kier molecular flexibility index (Phi) is 4.71. The van der Waals surface area contributed by atoms with Crippen LogP contribution < -0.4 is 0 Å². The number of nitrogens with zero attached hydrogens (tertiary/aromatic N) is 1. The van der Waals surface area contributed by atoms with E-state index >= 15 is 0 Å². The van der Waals surface area contributed by atoms with Crippen molar-refractivity contribution in [2.75, 3.05) is 25.5 Å². The summed E-state index contributed by atoms with van der Waals surface area (Å²) in [6, 6.07) is 0.102. The second-order valence-corrected chi connectivity index (χ2v) is 3.95. The summed E-state index contributed by atoms with van der Waals surface area (Å²) in [7, 11) is 0. The van der Waals surface area contributed by atoms with Crippen molar-refractivity contribution in [2.24, 2.45) is 0 Å². The average Bonchev–Trinajstić information content (AvgIpc) is 2.19. The van der Waals surface area contributed by atoms with Crippen LogP contribution in [0.4, 0.5) is 0 Å². The topological polar surface area (TPSA) is 49.8 Å². The standard InChI is InChI=1S/C9H17NO3S/c1-7-6-13-8(5-11)4-10(7)9(12)2-3-14/h7-8,11,14H,2-6H2,1H3. The summed E-state index contributed by atoms with van der Waals surface area (Å²) in [4.78, 5) is 13.4. The molecule has 1 amide bonds. The lowest BCUT2D eigenvalue weighted by Gasteiger charge is -2.37. The molecular weight excluding hydrogens is 202 g/mol. The Labute approximate surface area is 89.6 Å². The quantitative estimate of drug-likeness (QED) is 0.653. The first-order valence-corrected chi connectivity index (χ1v) is 5.45. The number of carbonyl (C=O) groups excluding carboxylic acids is 1. The number of aliphatic hydroxyl groups excluding tert-OH is 1. The number of aliphatic hydroxyl groups is 1. The van der Waals surface area contributed by atoms with Crippen LogP contribution in [-0.2, 0) is 9.53 Å². The molecule has 1 aliphatic rings. The average molecular weight is 219 g/mol. The van der Waals surface area contributed by atoms with Crippen LogP contribution in [0.25, 0.3) is 0 Å². The van der Waals surface area contributed by atoms with Crippen molar-refractivity contribution in [2.45, 2.75) is 25.5 Å². The van der Waals surface area contributed by atoms with Gasteiger partial charge in [0.05, 0.1) is 25.4 Å². The fraction of sp³-hybridized carbons (Fsp3) is 0.889. The Morgan fingerprint density at radius 2 is 2.43 bits per heavy atom. The lowest BCUT2D eigenvalue weighted by molar-refractivity contribution is -0.145. The van der Waals surface area contributed by atoms with E-state index in [1.807, 2.05) is 6.92 Å². The highest BCUT2D eigenvalue weighted by Crippen LogP contribution is 2.12. The van der Waals surface area contributed by atoms with Gasteiger partial charge in [-0.2, -0.15) is 12.6 Å². The molecule has 0 aromatic rings. The third-order valence-corrected chi connectivity index (χ3v) is 2.58. The number of hydrogen-bond acceptors (Lipinski definition) is 4. The van der Waals surface area contributed by atoms with Crippen molar-refractivity contribution >= 4 is 18.5 Å². The molecule has 1 heterocycles. The summed E-state index contributed by atoms with van der Waals surface area (Å²) in [5.74, 6) is 0.654. The molecule has 14 heavy (non-hydrogen) atoms. The minimum absolute atomic E-state index is 0.0304. The van der Waals surface area contributed by atoms with Gasteiger partial charge in [-0.05, 0) is 12.7 Å². The predicted molar refractivity (Wildman–Crippen MR) is 56.5 cm³/mol. The third kappa shape index (κ3) is 2.87. The van der Waals surface area contributed by atoms with Crippen molar-refractivity contribution in [3.8, 4) is 0 Å². The number of rotatable bonds is 3. The molecule has 5 heteroatoms. The van der Waals surface area contributed by atoms with Crippen LogP contribution in [0.2, 0.25) is 0 Å². The molecule has 1 saturated heterocycles. The third-order valence-electron chi connectivity index (χ3n) is 2.36. The van der Waals surface area contributed by atoms with Crippen LogP contribution in [0, 0.1) is 0 Å². The summed E-state index contributed by atoms with van der Waals surface area (Å²) in [5, 5.41) is 8.93. The molecule has 82 valence electrons. The van der Waals surface area contributed by atoms with Gasteiger partial charge < -0.3 is 14.7 Å². The summed E-state index contributed by atoms with van der Waals surface area (Å²) < 4.78 is 5.33. The van der Waals surface area contributed by atoms with E-state index in [-0.39, 0.29) is 24.7 Å². The first-order chi connectivity index (χ1) is 6.69. The number of carbonyl (C=O) groups is 1. The maximum absolute atomic E-state index is 11.6. The molecule has 0 saturated carbocycles. The molecule has 0 aliphatic carbocycles. The minimum atomic E-state index is -0.227. The van der Waals surface area contributed by atoms with Gasteiger partial charge in [-0.1, -0.05) is 0 Å². The smallest absolute Gasteiger partial charge is 0.223 e. The van der Waals surface area contributed by atoms with E-state index in [0.29, 0.717) is 25.3 Å². The van der Waals surface area contributed by atoms with Crippen LogP contribution in [0.1, 0.15) is 13.3 Å². The predicted octanol–water partition coefficient (Wildman–Crippen LogP) is -0.0855. The molecule has 4 nitrogen and oxygen atoms in total. The molecule has 1 fully saturated rings. The summed E-state index contributed by atoms with van der Waals surface area (Å²) >= 11 is 4.03. The van der Waals surface area contributed by atoms with Crippen LogP contribution in [0.15, 0.2) is 0 Å². The largest absolute Gasteiger partial charge is 0.394 e. The zero-order valence-corrected chi connectivity index (χ0v) is 9.24. The van der Waals surface area contributed by atoms with Crippen molar-refractivity contribution < 1.29 is 14.6 Å². The highest BCUT2D eigenvalue weighted by molar-refractivity contribution is 7.80. The van der Waals surface area contributed by atoms with Gasteiger partial charge in [0.1, 0.15) is 0 Å². The summed E-state index contributed by atoms with van der Waals surface area (Å²) in [6.07, 6.45) is 0.223. The molecule has 1 aliphatic heterocycles. The Hall–Kier alpha value is -0.260. The second-order valence-electron chi connectivity index (χ2n) is 3.51. The van der Waals surface area contributed by atoms with E-state index in [9.17, 15) is 4.79 Å². The Balaban J connectivity index is 2.51.